The second kappa shape index (κ2) is 5.68. The van der Waals surface area contributed by atoms with Gasteiger partial charge in [0.15, 0.2) is 0 Å². The van der Waals surface area contributed by atoms with Crippen molar-refractivity contribution in [1.82, 2.24) is 4.98 Å². The topological polar surface area (TPSA) is 22.1 Å². The van der Waals surface area contributed by atoms with Gasteiger partial charge in [-0.3, -0.25) is 4.98 Å². The molecule has 0 unspecified atom stereocenters. The lowest BCUT2D eigenvalue weighted by molar-refractivity contribution is -0.274. The van der Waals surface area contributed by atoms with Gasteiger partial charge in [0.05, 0.1) is 10.7 Å². The number of rotatable bonds is 2. The Kier molecular flexibility index (Phi) is 4.23. The molecule has 0 fully saturated rings. The van der Waals surface area contributed by atoms with Gasteiger partial charge < -0.3 is 4.74 Å². The first-order valence-electron chi connectivity index (χ1n) is 5.66. The van der Waals surface area contributed by atoms with Gasteiger partial charge in [0.2, 0.25) is 0 Å². The van der Waals surface area contributed by atoms with E-state index in [2.05, 4.69) is 9.72 Å². The molecular formula is C13H6ClF6NO. The van der Waals surface area contributed by atoms with Crippen LogP contribution in [0.15, 0.2) is 36.5 Å². The highest BCUT2D eigenvalue weighted by Gasteiger charge is 2.39. The number of ether oxygens (including phenoxy) is 1. The smallest absolute Gasteiger partial charge is 0.405 e. The maximum Gasteiger partial charge on any atom is 0.573 e. The molecule has 2 nitrogen and oxygen atoms in total. The molecule has 2 rings (SSSR count). The summed E-state index contributed by atoms with van der Waals surface area (Å²) in [6, 6.07) is 5.30. The SMILES string of the molecule is FC(F)(F)Oc1ccccc1-c1nccc(Cl)c1C(F)(F)F. The average Bonchev–Trinajstić information content (AvgIpc) is 2.35. The predicted molar refractivity (Wildman–Crippen MR) is 66.4 cm³/mol. The normalized spacial score (nSPS) is 12.3. The van der Waals surface area contributed by atoms with Crippen molar-refractivity contribution in [3.8, 4) is 17.0 Å². The quantitative estimate of drug-likeness (QED) is 0.690. The maximum absolute atomic E-state index is 13.1. The van der Waals surface area contributed by atoms with E-state index in [4.69, 9.17) is 11.6 Å². The average molecular weight is 342 g/mol. The number of hydrogen-bond donors (Lipinski definition) is 0. The Balaban J connectivity index is 2.66. The molecule has 0 aliphatic carbocycles. The largest absolute Gasteiger partial charge is 0.573 e. The Morgan fingerprint density at radius 2 is 1.59 bits per heavy atom. The van der Waals surface area contributed by atoms with Crippen LogP contribution in [0.3, 0.4) is 0 Å². The van der Waals surface area contributed by atoms with Crippen LogP contribution in [-0.2, 0) is 6.18 Å². The summed E-state index contributed by atoms with van der Waals surface area (Å²) in [6.07, 6.45) is -8.96. The highest BCUT2D eigenvalue weighted by Crippen LogP contribution is 2.43. The first-order valence-corrected chi connectivity index (χ1v) is 6.04. The molecule has 1 heterocycles. The molecule has 0 atom stereocenters. The second-order valence-electron chi connectivity index (χ2n) is 4.06. The number of halogens is 7. The first kappa shape index (κ1) is 16.4. The summed E-state index contributed by atoms with van der Waals surface area (Å²) in [4.78, 5) is 3.52. The molecule has 2 aromatic rings. The molecule has 0 saturated carbocycles. The number of para-hydroxylation sites is 1. The van der Waals surface area contributed by atoms with Crippen LogP contribution in [-0.4, -0.2) is 11.3 Å². The summed E-state index contributed by atoms with van der Waals surface area (Å²) >= 11 is 5.53. The van der Waals surface area contributed by atoms with Crippen LogP contribution in [0.5, 0.6) is 5.75 Å². The third-order valence-corrected chi connectivity index (χ3v) is 2.87. The highest BCUT2D eigenvalue weighted by atomic mass is 35.5. The number of alkyl halides is 6. The van der Waals surface area contributed by atoms with Crippen LogP contribution < -0.4 is 4.74 Å². The first-order chi connectivity index (χ1) is 10.1. The number of pyridine rings is 1. The van der Waals surface area contributed by atoms with E-state index in [0.29, 0.717) is 0 Å². The third kappa shape index (κ3) is 3.62. The van der Waals surface area contributed by atoms with Gasteiger partial charge >= 0.3 is 12.5 Å². The Morgan fingerprint density at radius 3 is 2.18 bits per heavy atom. The van der Waals surface area contributed by atoms with Crippen molar-refractivity contribution < 1.29 is 31.1 Å². The molecule has 1 aromatic carbocycles. The lowest BCUT2D eigenvalue weighted by Crippen LogP contribution is -2.18. The Labute approximate surface area is 125 Å². The molecular weight excluding hydrogens is 336 g/mol. The Morgan fingerprint density at radius 1 is 0.955 bits per heavy atom. The highest BCUT2D eigenvalue weighted by molar-refractivity contribution is 6.31. The van der Waals surface area contributed by atoms with E-state index in [1.165, 1.54) is 12.1 Å². The minimum Gasteiger partial charge on any atom is -0.405 e. The number of aromatic nitrogens is 1. The minimum absolute atomic E-state index is 0.463. The van der Waals surface area contributed by atoms with E-state index in [1.54, 1.807) is 0 Å². The molecule has 0 spiro atoms. The summed E-state index contributed by atoms with van der Waals surface area (Å²) in [5.74, 6) is -0.796. The molecule has 0 aliphatic rings. The fraction of sp³-hybridized carbons (Fsp3) is 0.154. The molecule has 0 radical (unpaired) electrons. The van der Waals surface area contributed by atoms with Gasteiger partial charge in [-0.1, -0.05) is 23.7 Å². The lowest BCUT2D eigenvalue weighted by atomic mass is 10.0. The van der Waals surface area contributed by atoms with E-state index in [0.717, 1.165) is 24.4 Å². The van der Waals surface area contributed by atoms with Gasteiger partial charge in [-0.15, -0.1) is 13.2 Å². The fourth-order valence-corrected chi connectivity index (χ4v) is 2.04. The van der Waals surface area contributed by atoms with Crippen molar-refractivity contribution in [2.24, 2.45) is 0 Å². The zero-order valence-corrected chi connectivity index (χ0v) is 11.2. The zero-order valence-electron chi connectivity index (χ0n) is 10.5. The third-order valence-electron chi connectivity index (χ3n) is 2.55. The maximum atomic E-state index is 13.1. The number of benzene rings is 1. The lowest BCUT2D eigenvalue weighted by Gasteiger charge is -2.17. The summed E-state index contributed by atoms with van der Waals surface area (Å²) in [5, 5.41) is -0.667. The number of hydrogen-bond acceptors (Lipinski definition) is 2. The van der Waals surface area contributed by atoms with Gasteiger partial charge in [0.25, 0.3) is 0 Å². The monoisotopic (exact) mass is 341 g/mol. The number of nitrogens with zero attached hydrogens (tertiary/aromatic N) is 1. The van der Waals surface area contributed by atoms with E-state index in [9.17, 15) is 26.3 Å². The van der Waals surface area contributed by atoms with Gasteiger partial charge in [0, 0.05) is 11.8 Å². The van der Waals surface area contributed by atoms with Crippen LogP contribution in [0.4, 0.5) is 26.3 Å². The van der Waals surface area contributed by atoms with Crippen LogP contribution >= 0.6 is 11.6 Å². The van der Waals surface area contributed by atoms with Gasteiger partial charge in [0.1, 0.15) is 11.3 Å². The molecule has 0 aliphatic heterocycles. The van der Waals surface area contributed by atoms with Gasteiger partial charge in [-0.2, -0.15) is 13.2 Å². The zero-order chi connectivity index (χ0) is 16.5. The van der Waals surface area contributed by atoms with Crippen molar-refractivity contribution in [2.75, 3.05) is 0 Å². The van der Waals surface area contributed by atoms with Crippen molar-refractivity contribution in [3.05, 3.63) is 47.1 Å². The van der Waals surface area contributed by atoms with Crippen LogP contribution in [0.1, 0.15) is 5.56 Å². The molecule has 0 saturated heterocycles. The summed E-state index contributed by atoms with van der Waals surface area (Å²) in [5.41, 5.74) is -2.52. The summed E-state index contributed by atoms with van der Waals surface area (Å²) in [6.45, 7) is 0. The molecule has 0 N–H and O–H groups in total. The molecule has 9 heteroatoms. The Hall–Kier alpha value is -1.96. The van der Waals surface area contributed by atoms with Crippen LogP contribution in [0.25, 0.3) is 11.3 Å². The Bertz CT molecular complexity index is 683. The molecule has 22 heavy (non-hydrogen) atoms. The standard InChI is InChI=1S/C13H6ClF6NO/c14-8-5-6-21-11(10(8)12(15,16)17)7-3-1-2-4-9(7)22-13(18,19)20/h1-6H. The second-order valence-corrected chi connectivity index (χ2v) is 4.47. The van der Waals surface area contributed by atoms with E-state index in [1.807, 2.05) is 0 Å². The molecule has 1 aromatic heterocycles. The molecule has 118 valence electrons. The van der Waals surface area contributed by atoms with Gasteiger partial charge in [-0.05, 0) is 18.2 Å². The van der Waals surface area contributed by atoms with Crippen molar-refractivity contribution >= 4 is 11.6 Å². The van der Waals surface area contributed by atoms with Crippen molar-refractivity contribution in [2.45, 2.75) is 12.5 Å². The summed E-state index contributed by atoms with van der Waals surface area (Å²) in [7, 11) is 0. The predicted octanol–water partition coefficient (Wildman–Crippen LogP) is 5.32. The van der Waals surface area contributed by atoms with Gasteiger partial charge in [-0.25, -0.2) is 0 Å². The molecule has 0 amide bonds. The molecule has 0 bridgehead atoms. The van der Waals surface area contributed by atoms with Crippen LogP contribution in [0.2, 0.25) is 5.02 Å². The summed E-state index contributed by atoms with van der Waals surface area (Å²) < 4.78 is 80.1. The van der Waals surface area contributed by atoms with E-state index >= 15 is 0 Å². The van der Waals surface area contributed by atoms with Crippen molar-refractivity contribution in [1.29, 1.82) is 0 Å². The van der Waals surface area contributed by atoms with Crippen molar-refractivity contribution in [3.63, 3.8) is 0 Å². The van der Waals surface area contributed by atoms with E-state index < -0.39 is 40.1 Å². The van der Waals surface area contributed by atoms with E-state index in [-0.39, 0.29) is 0 Å². The van der Waals surface area contributed by atoms with Crippen LogP contribution in [0, 0.1) is 0 Å². The minimum atomic E-state index is -5.05. The fourth-order valence-electron chi connectivity index (χ4n) is 1.79.